The second-order valence-corrected chi connectivity index (χ2v) is 2.09. The zero-order valence-corrected chi connectivity index (χ0v) is 5.70. The molecule has 0 saturated carbocycles. The van der Waals surface area contributed by atoms with Crippen LogP contribution in [-0.4, -0.2) is 16.8 Å². The maximum atomic E-state index is 2.26. The van der Waals surface area contributed by atoms with Crippen molar-refractivity contribution < 1.29 is 0 Å². The third kappa shape index (κ3) is 4.39. The molecule has 0 aliphatic rings. The average Bonchev–Trinajstić information content (AvgIpc) is 1.72. The molecule has 0 aromatic carbocycles. The van der Waals surface area contributed by atoms with Crippen LogP contribution in [0.1, 0.15) is 20.8 Å². The van der Waals surface area contributed by atoms with Crippen molar-refractivity contribution >= 4 is 16.8 Å². The first-order chi connectivity index (χ1) is 3.35. The first kappa shape index (κ1) is 11.1. The van der Waals surface area contributed by atoms with Gasteiger partial charge in [-0.15, -0.1) is 0 Å². The second kappa shape index (κ2) is 7.23. The molecule has 0 aromatic heterocycles. The van der Waals surface area contributed by atoms with Gasteiger partial charge in [0.2, 0.25) is 0 Å². The van der Waals surface area contributed by atoms with Gasteiger partial charge in [-0.1, -0.05) is 39.7 Å². The van der Waals surface area contributed by atoms with Crippen LogP contribution in [0.2, 0.25) is 19.0 Å². The van der Waals surface area contributed by atoms with E-state index >= 15 is 0 Å². The first-order valence-electron chi connectivity index (χ1n) is 3.35. The van der Waals surface area contributed by atoms with E-state index < -0.39 is 0 Å². The van der Waals surface area contributed by atoms with Crippen LogP contribution in [-0.2, 0) is 0 Å². The minimum absolute atomic E-state index is 0. The van der Waals surface area contributed by atoms with E-state index in [0.29, 0.717) is 0 Å². The predicted molar refractivity (Wildman–Crippen MR) is 45.7 cm³/mol. The summed E-state index contributed by atoms with van der Waals surface area (Å²) in [5.74, 6) is 0. The fraction of sp³-hybridized carbons (Fsp3) is 1.00. The van der Waals surface area contributed by atoms with Crippen molar-refractivity contribution in [1.82, 2.24) is 0 Å². The molecule has 8 heavy (non-hydrogen) atoms. The Morgan fingerprint density at radius 3 is 1.12 bits per heavy atom. The average molecular weight is 109 g/mol. The quantitative estimate of drug-likeness (QED) is 0.483. The molecule has 0 heterocycles. The van der Waals surface area contributed by atoms with E-state index in [0.717, 1.165) is 6.71 Å². The van der Waals surface area contributed by atoms with Crippen molar-refractivity contribution in [2.24, 2.45) is 0 Å². The van der Waals surface area contributed by atoms with Crippen molar-refractivity contribution in [3.05, 3.63) is 0 Å². The predicted octanol–water partition coefficient (Wildman–Crippen LogP) is 1.62. The Balaban J connectivity index is 0. The van der Waals surface area contributed by atoms with Crippen molar-refractivity contribution in [2.75, 3.05) is 0 Å². The third-order valence-corrected chi connectivity index (χ3v) is 1.73. The summed E-state index contributed by atoms with van der Waals surface area (Å²) in [6, 6.07) is 0. The molecule has 0 saturated heterocycles. The molecular weight excluding hydrogens is 91.9 g/mol. The second-order valence-electron chi connectivity index (χ2n) is 2.09. The van der Waals surface area contributed by atoms with E-state index in [2.05, 4.69) is 20.8 Å². The third-order valence-electron chi connectivity index (χ3n) is 1.73. The van der Waals surface area contributed by atoms with Crippen LogP contribution in [0, 0.1) is 0 Å². The summed E-state index contributed by atoms with van der Waals surface area (Å²) >= 11 is 0. The molecule has 0 rings (SSSR count). The normalized spacial score (nSPS) is 7.88. The van der Waals surface area contributed by atoms with Gasteiger partial charge in [0.25, 0.3) is 0 Å². The number of hydrogen-bond donors (Lipinski definition) is 0. The Labute approximate surface area is 57.4 Å². The van der Waals surface area contributed by atoms with Gasteiger partial charge in [0, 0.05) is 0 Å². The molecule has 0 radical (unpaired) electrons. The summed E-state index contributed by atoms with van der Waals surface area (Å²) < 4.78 is 0. The van der Waals surface area contributed by atoms with Gasteiger partial charge >= 0.3 is 10.1 Å². The van der Waals surface area contributed by atoms with E-state index in [1.165, 1.54) is 19.0 Å². The Hall–Kier alpha value is 0.234. The van der Waals surface area contributed by atoms with E-state index in [9.17, 15) is 0 Å². The standard InChI is InChI=1S/C6H15B.Be.2H/c1-4-7(5-2)6-3;;;/h4-6H2,1-3H3;;;. The van der Waals surface area contributed by atoms with Crippen LogP contribution >= 0.6 is 0 Å². The molecule has 0 aromatic rings. The molecule has 0 fully saturated rings. The maximum absolute atomic E-state index is 2.26. The van der Waals surface area contributed by atoms with Crippen molar-refractivity contribution in [3.63, 3.8) is 0 Å². The van der Waals surface area contributed by atoms with Crippen LogP contribution < -0.4 is 0 Å². The Bertz CT molecular complexity index is 30.0. The van der Waals surface area contributed by atoms with Gasteiger partial charge in [-0.2, -0.15) is 0 Å². The number of rotatable bonds is 3. The summed E-state index contributed by atoms with van der Waals surface area (Å²) in [4.78, 5) is 0. The minimum atomic E-state index is 0. The molecule has 0 spiro atoms. The molecule has 0 amide bonds. The van der Waals surface area contributed by atoms with E-state index in [-0.39, 0.29) is 10.1 Å². The summed E-state index contributed by atoms with van der Waals surface area (Å²) in [6.45, 7) is 7.77. The number of hydrogen-bond acceptors (Lipinski definition) is 0. The van der Waals surface area contributed by atoms with Gasteiger partial charge in [-0.3, -0.25) is 0 Å². The summed E-state index contributed by atoms with van der Waals surface area (Å²) in [6.07, 6.45) is 4.06. The van der Waals surface area contributed by atoms with Crippen LogP contribution in [0.5, 0.6) is 0 Å². The van der Waals surface area contributed by atoms with Crippen LogP contribution in [0.4, 0.5) is 0 Å². The zero-order valence-electron chi connectivity index (χ0n) is 5.70. The molecule has 0 aliphatic carbocycles. The Morgan fingerprint density at radius 2 is 1.12 bits per heavy atom. The summed E-state index contributed by atoms with van der Waals surface area (Å²) in [7, 11) is 0. The first-order valence-corrected chi connectivity index (χ1v) is 3.35. The van der Waals surface area contributed by atoms with Crippen molar-refractivity contribution in [2.45, 2.75) is 39.7 Å². The summed E-state index contributed by atoms with van der Waals surface area (Å²) in [5.41, 5.74) is 0. The fourth-order valence-corrected chi connectivity index (χ4v) is 0.866. The van der Waals surface area contributed by atoms with E-state index in [1.54, 1.807) is 0 Å². The SMILES string of the molecule is CCB(CC)CC.[BeH2]. The Kier molecular flexibility index (Phi) is 10.0. The molecule has 0 nitrogen and oxygen atoms in total. The topological polar surface area (TPSA) is 0 Å². The molecule has 0 bridgehead atoms. The van der Waals surface area contributed by atoms with Gasteiger partial charge in [-0.05, 0) is 0 Å². The molecule has 0 unspecified atom stereocenters. The van der Waals surface area contributed by atoms with E-state index in [1.807, 2.05) is 0 Å². The zero-order chi connectivity index (χ0) is 5.70. The fourth-order valence-electron chi connectivity index (χ4n) is 0.866. The van der Waals surface area contributed by atoms with Crippen LogP contribution in [0.3, 0.4) is 0 Å². The molecule has 46 valence electrons. The summed E-state index contributed by atoms with van der Waals surface area (Å²) in [5, 5.41) is 0. The van der Waals surface area contributed by atoms with Gasteiger partial charge in [0.15, 0.2) is 0 Å². The van der Waals surface area contributed by atoms with Crippen molar-refractivity contribution in [3.8, 4) is 0 Å². The molecule has 0 atom stereocenters. The van der Waals surface area contributed by atoms with Gasteiger partial charge < -0.3 is 0 Å². The van der Waals surface area contributed by atoms with Gasteiger partial charge in [0.05, 0.1) is 0 Å². The van der Waals surface area contributed by atoms with Gasteiger partial charge in [0.1, 0.15) is 6.71 Å². The van der Waals surface area contributed by atoms with Crippen LogP contribution in [0.25, 0.3) is 0 Å². The molecule has 0 N–H and O–H groups in total. The van der Waals surface area contributed by atoms with Crippen LogP contribution in [0.15, 0.2) is 0 Å². The van der Waals surface area contributed by atoms with Gasteiger partial charge in [-0.25, -0.2) is 0 Å². The van der Waals surface area contributed by atoms with E-state index in [4.69, 9.17) is 0 Å². The molecule has 0 aliphatic heterocycles. The Morgan fingerprint density at radius 1 is 0.875 bits per heavy atom. The molecule has 2 heteroatoms. The van der Waals surface area contributed by atoms with Crippen molar-refractivity contribution in [1.29, 1.82) is 0 Å². The molecular formula is C6H17BBe. The monoisotopic (exact) mass is 109 g/mol.